The van der Waals surface area contributed by atoms with Gasteiger partial charge in [0.25, 0.3) is 0 Å². The molecule has 100 valence electrons. The zero-order chi connectivity index (χ0) is 14.0. The number of nitriles is 1. The van der Waals surface area contributed by atoms with Gasteiger partial charge in [0.2, 0.25) is 0 Å². The number of alkyl halides is 3. The summed E-state index contributed by atoms with van der Waals surface area (Å²) >= 11 is 4.98. The molecule has 7 heteroatoms. The van der Waals surface area contributed by atoms with Crippen molar-refractivity contribution in [2.75, 3.05) is 5.32 Å². The van der Waals surface area contributed by atoms with Gasteiger partial charge in [0, 0.05) is 11.7 Å². The molecular formula is C12H10F3N3S. The van der Waals surface area contributed by atoms with E-state index in [4.69, 9.17) is 17.5 Å². The molecule has 3 nitrogen and oxygen atoms in total. The summed E-state index contributed by atoms with van der Waals surface area (Å²) in [4.78, 5) is 0. The van der Waals surface area contributed by atoms with Crippen LogP contribution < -0.4 is 10.6 Å². The van der Waals surface area contributed by atoms with Gasteiger partial charge in [-0.15, -0.1) is 0 Å². The molecule has 2 N–H and O–H groups in total. The molecule has 0 saturated heterocycles. The highest BCUT2D eigenvalue weighted by atomic mass is 32.1. The fourth-order valence-electron chi connectivity index (χ4n) is 1.53. The summed E-state index contributed by atoms with van der Waals surface area (Å²) in [7, 11) is 0. The van der Waals surface area contributed by atoms with Gasteiger partial charge in [-0.3, -0.25) is 0 Å². The monoisotopic (exact) mass is 285 g/mol. The highest BCUT2D eigenvalue weighted by Crippen LogP contribution is 2.33. The lowest BCUT2D eigenvalue weighted by Gasteiger charge is -2.13. The molecule has 0 heterocycles. The van der Waals surface area contributed by atoms with Gasteiger partial charge in [0.15, 0.2) is 5.11 Å². The van der Waals surface area contributed by atoms with Crippen LogP contribution in [0.2, 0.25) is 0 Å². The fraction of sp³-hybridized carbons (Fsp3) is 0.333. The summed E-state index contributed by atoms with van der Waals surface area (Å²) in [6, 6.07) is 5.26. The van der Waals surface area contributed by atoms with Crippen LogP contribution in [0, 0.1) is 11.3 Å². The van der Waals surface area contributed by atoms with Crippen molar-refractivity contribution in [2.24, 2.45) is 0 Å². The van der Waals surface area contributed by atoms with E-state index in [2.05, 4.69) is 10.6 Å². The first-order chi connectivity index (χ1) is 8.90. The maximum atomic E-state index is 12.7. The minimum atomic E-state index is -4.56. The Morgan fingerprint density at radius 1 is 1.37 bits per heavy atom. The van der Waals surface area contributed by atoms with E-state index in [0.29, 0.717) is 11.2 Å². The molecule has 19 heavy (non-hydrogen) atoms. The molecule has 0 spiro atoms. The number of hydrogen-bond donors (Lipinski definition) is 2. The second-order valence-corrected chi connectivity index (χ2v) is 4.65. The molecule has 0 radical (unpaired) electrons. The Kier molecular flexibility index (Phi) is 3.62. The first kappa shape index (κ1) is 13.6. The van der Waals surface area contributed by atoms with E-state index in [0.717, 1.165) is 25.0 Å². The molecule has 1 aromatic rings. The van der Waals surface area contributed by atoms with Crippen LogP contribution in [0.4, 0.5) is 18.9 Å². The number of nitrogens with one attached hydrogen (secondary N) is 2. The molecule has 1 aliphatic rings. The molecule has 0 aliphatic heterocycles. The van der Waals surface area contributed by atoms with Crippen LogP contribution >= 0.6 is 12.2 Å². The Morgan fingerprint density at radius 2 is 2.05 bits per heavy atom. The summed E-state index contributed by atoms with van der Waals surface area (Å²) in [5, 5.41) is 14.6. The van der Waals surface area contributed by atoms with Gasteiger partial charge in [0.05, 0.1) is 17.2 Å². The second kappa shape index (κ2) is 5.05. The van der Waals surface area contributed by atoms with Crippen molar-refractivity contribution in [2.45, 2.75) is 25.1 Å². The van der Waals surface area contributed by atoms with Crippen LogP contribution in [0.5, 0.6) is 0 Å². The van der Waals surface area contributed by atoms with E-state index in [1.807, 2.05) is 0 Å². The number of hydrogen-bond acceptors (Lipinski definition) is 2. The predicted octanol–water partition coefficient (Wildman–Crippen LogP) is 3.03. The van der Waals surface area contributed by atoms with E-state index >= 15 is 0 Å². The molecule has 0 unspecified atom stereocenters. The molecule has 1 fully saturated rings. The van der Waals surface area contributed by atoms with Crippen molar-refractivity contribution < 1.29 is 13.2 Å². The van der Waals surface area contributed by atoms with Gasteiger partial charge in [-0.05, 0) is 43.3 Å². The van der Waals surface area contributed by atoms with Crippen molar-refractivity contribution in [3.8, 4) is 6.07 Å². The highest BCUT2D eigenvalue weighted by molar-refractivity contribution is 7.80. The van der Waals surface area contributed by atoms with Gasteiger partial charge >= 0.3 is 6.18 Å². The Morgan fingerprint density at radius 3 is 2.58 bits per heavy atom. The van der Waals surface area contributed by atoms with Crippen LogP contribution in [0.25, 0.3) is 0 Å². The van der Waals surface area contributed by atoms with Gasteiger partial charge in [-0.25, -0.2) is 0 Å². The molecule has 0 atom stereocenters. The van der Waals surface area contributed by atoms with Crippen LogP contribution in [-0.4, -0.2) is 11.2 Å². The van der Waals surface area contributed by atoms with Crippen LogP contribution in [-0.2, 0) is 6.18 Å². The number of thiocarbonyl (C=S) groups is 1. The lowest BCUT2D eigenvalue weighted by atomic mass is 10.1. The third-order valence-corrected chi connectivity index (χ3v) is 2.84. The minimum absolute atomic E-state index is 0.212. The quantitative estimate of drug-likeness (QED) is 0.820. The minimum Gasteiger partial charge on any atom is -0.360 e. The van der Waals surface area contributed by atoms with Gasteiger partial charge in [-0.2, -0.15) is 18.4 Å². The summed E-state index contributed by atoms with van der Waals surface area (Å²) in [5.41, 5.74) is -1.15. The number of rotatable bonds is 2. The van der Waals surface area contributed by atoms with Crippen molar-refractivity contribution in [1.82, 2.24) is 5.32 Å². The van der Waals surface area contributed by atoms with Crippen LogP contribution in [0.3, 0.4) is 0 Å². The Bertz CT molecular complexity index is 544. The Hall–Kier alpha value is -1.81. The number of halogens is 3. The van der Waals surface area contributed by atoms with E-state index in [1.165, 1.54) is 12.1 Å². The molecule has 0 amide bonds. The normalized spacial score (nSPS) is 14.6. The highest BCUT2D eigenvalue weighted by Gasteiger charge is 2.34. The third kappa shape index (κ3) is 3.58. The maximum Gasteiger partial charge on any atom is 0.417 e. The zero-order valence-electron chi connectivity index (χ0n) is 9.71. The lowest BCUT2D eigenvalue weighted by molar-refractivity contribution is -0.137. The number of anilines is 1. The van der Waals surface area contributed by atoms with E-state index in [-0.39, 0.29) is 5.69 Å². The Labute approximate surface area is 113 Å². The SMILES string of the molecule is N#Cc1ccc(NC(=S)NC2CC2)cc1C(F)(F)F. The first-order valence-electron chi connectivity index (χ1n) is 5.59. The van der Waals surface area contributed by atoms with Gasteiger partial charge in [-0.1, -0.05) is 0 Å². The summed E-state index contributed by atoms with van der Waals surface area (Å²) in [6.45, 7) is 0. The molecule has 1 saturated carbocycles. The predicted molar refractivity (Wildman–Crippen MR) is 68.5 cm³/mol. The molecule has 1 aliphatic carbocycles. The first-order valence-corrected chi connectivity index (χ1v) is 6.00. The van der Waals surface area contributed by atoms with Crippen molar-refractivity contribution >= 4 is 23.0 Å². The third-order valence-electron chi connectivity index (χ3n) is 2.62. The van der Waals surface area contributed by atoms with Crippen molar-refractivity contribution in [1.29, 1.82) is 5.26 Å². The fourth-order valence-corrected chi connectivity index (χ4v) is 1.82. The smallest absolute Gasteiger partial charge is 0.360 e. The Balaban J connectivity index is 2.17. The standard InChI is InChI=1S/C12H10F3N3S/c13-12(14,15)10-5-9(2-1-7(10)6-16)18-11(19)17-8-3-4-8/h1-2,5,8H,3-4H2,(H2,17,18,19). The van der Waals surface area contributed by atoms with Crippen LogP contribution in [0.1, 0.15) is 24.0 Å². The molecular weight excluding hydrogens is 275 g/mol. The van der Waals surface area contributed by atoms with Gasteiger partial charge < -0.3 is 10.6 Å². The topological polar surface area (TPSA) is 47.9 Å². The summed E-state index contributed by atoms with van der Waals surface area (Å²) in [5.74, 6) is 0. The second-order valence-electron chi connectivity index (χ2n) is 4.24. The molecule has 2 rings (SSSR count). The van der Waals surface area contributed by atoms with Crippen molar-refractivity contribution in [3.05, 3.63) is 29.3 Å². The number of nitrogens with zero attached hydrogens (tertiary/aromatic N) is 1. The molecule has 0 bridgehead atoms. The largest absolute Gasteiger partial charge is 0.417 e. The molecule has 0 aromatic heterocycles. The maximum absolute atomic E-state index is 12.7. The van der Waals surface area contributed by atoms with E-state index in [1.54, 1.807) is 0 Å². The van der Waals surface area contributed by atoms with Crippen molar-refractivity contribution in [3.63, 3.8) is 0 Å². The van der Waals surface area contributed by atoms with Gasteiger partial charge in [0.1, 0.15) is 0 Å². The van der Waals surface area contributed by atoms with Crippen LogP contribution in [0.15, 0.2) is 18.2 Å². The lowest BCUT2D eigenvalue weighted by Crippen LogP contribution is -2.30. The average Bonchev–Trinajstić information content (AvgIpc) is 3.11. The zero-order valence-corrected chi connectivity index (χ0v) is 10.5. The molecule has 1 aromatic carbocycles. The van der Waals surface area contributed by atoms with E-state index in [9.17, 15) is 13.2 Å². The summed E-state index contributed by atoms with van der Waals surface area (Å²) < 4.78 is 38.2. The van der Waals surface area contributed by atoms with E-state index < -0.39 is 17.3 Å². The number of benzene rings is 1. The summed E-state index contributed by atoms with van der Waals surface area (Å²) in [6.07, 6.45) is -2.53. The average molecular weight is 285 g/mol.